The van der Waals surface area contributed by atoms with Gasteiger partial charge < -0.3 is 25.6 Å². The van der Waals surface area contributed by atoms with Gasteiger partial charge in [-0.05, 0) is 78.9 Å². The summed E-state index contributed by atoms with van der Waals surface area (Å²) in [6.07, 6.45) is 5.62. The number of benzene rings is 2. The van der Waals surface area contributed by atoms with E-state index in [0.29, 0.717) is 30.4 Å². The molecule has 1 aliphatic rings. The average molecular weight is 582 g/mol. The molecular formula is C36H47N5O2. The Hall–Kier alpha value is -4.10. The predicted octanol–water partition coefficient (Wildman–Crippen LogP) is 6.85. The van der Waals surface area contributed by atoms with Crippen LogP contribution in [0.4, 0.5) is 5.69 Å². The second-order valence-corrected chi connectivity index (χ2v) is 12.6. The first-order valence-corrected chi connectivity index (χ1v) is 15.1. The molecule has 1 aromatic heterocycles. The van der Waals surface area contributed by atoms with Crippen LogP contribution in [-0.2, 0) is 11.2 Å². The van der Waals surface area contributed by atoms with E-state index >= 15 is 0 Å². The van der Waals surface area contributed by atoms with Gasteiger partial charge in [0.05, 0.1) is 19.4 Å². The first-order chi connectivity index (χ1) is 20.5. The quantitative estimate of drug-likeness (QED) is 0.170. The van der Waals surface area contributed by atoms with E-state index in [1.54, 1.807) is 13.3 Å². The Morgan fingerprint density at radius 3 is 2.56 bits per heavy atom. The lowest BCUT2D eigenvalue weighted by atomic mass is 9.87. The molecule has 7 heteroatoms. The van der Waals surface area contributed by atoms with Crippen LogP contribution in [0.2, 0.25) is 0 Å². The molecule has 0 saturated carbocycles. The number of allylic oxidation sites excluding steroid dienone is 2. The first-order valence-electron chi connectivity index (χ1n) is 15.1. The second-order valence-electron chi connectivity index (χ2n) is 12.6. The van der Waals surface area contributed by atoms with Crippen molar-refractivity contribution in [3.63, 3.8) is 0 Å². The van der Waals surface area contributed by atoms with E-state index in [4.69, 9.17) is 4.74 Å². The molecule has 3 N–H and O–H groups in total. The fourth-order valence-corrected chi connectivity index (χ4v) is 5.24. The average Bonchev–Trinajstić information content (AvgIpc) is 3.42. The maximum atomic E-state index is 13.1. The fourth-order valence-electron chi connectivity index (χ4n) is 5.24. The van der Waals surface area contributed by atoms with Crippen LogP contribution in [0.1, 0.15) is 62.7 Å². The number of likely N-dealkylation sites (tertiary alicyclic amines) is 1. The van der Waals surface area contributed by atoms with Crippen LogP contribution in [0.25, 0.3) is 10.8 Å². The minimum absolute atomic E-state index is 0.0157. The molecule has 1 saturated heterocycles. The lowest BCUT2D eigenvalue weighted by Crippen LogP contribution is -2.29. The highest BCUT2D eigenvalue weighted by molar-refractivity contribution is 5.97. The molecule has 3 aromatic rings. The van der Waals surface area contributed by atoms with Crippen LogP contribution >= 0.6 is 0 Å². The number of rotatable bonds is 11. The van der Waals surface area contributed by atoms with Crippen molar-refractivity contribution >= 4 is 22.4 Å². The van der Waals surface area contributed by atoms with Crippen molar-refractivity contribution in [3.05, 3.63) is 107 Å². The van der Waals surface area contributed by atoms with Crippen LogP contribution in [-0.4, -0.2) is 49.6 Å². The van der Waals surface area contributed by atoms with E-state index in [1.165, 1.54) is 11.1 Å². The van der Waals surface area contributed by atoms with Crippen LogP contribution in [0.5, 0.6) is 0 Å². The predicted molar refractivity (Wildman–Crippen MR) is 178 cm³/mol. The highest BCUT2D eigenvalue weighted by atomic mass is 16.5. The van der Waals surface area contributed by atoms with Gasteiger partial charge in [0, 0.05) is 30.4 Å². The van der Waals surface area contributed by atoms with Gasteiger partial charge in [-0.3, -0.25) is 9.78 Å². The Labute approximate surface area is 257 Å². The van der Waals surface area contributed by atoms with Crippen molar-refractivity contribution in [2.45, 2.75) is 47.5 Å². The minimum Gasteiger partial charge on any atom is -0.498 e. The molecule has 4 rings (SSSR count). The number of likely N-dealkylation sites (N-methyl/N-ethyl adjacent to an activating group) is 1. The van der Waals surface area contributed by atoms with Gasteiger partial charge in [0.2, 0.25) is 0 Å². The zero-order chi connectivity index (χ0) is 31.1. The Morgan fingerprint density at radius 1 is 1.16 bits per heavy atom. The standard InChI is InChI=1S/C36H47N5O2/c1-24-16-18-41(23-24)35(42)33-21-27(15-17-38-33)20-28-13-14-31(30-12-10-9-11-29(28)30)39-26(3)40-32(34(43-8)22-37-7)19-25(2)36(4,5)6/h9-15,17,19,21,24,37,39-40H,3,16,18,20,22-23H2,1-2,4-8H3/b25-19+,34-32-/t24-/m1/s1. The molecule has 1 amide bonds. The normalized spacial score (nSPS) is 16.2. The third-order valence-corrected chi connectivity index (χ3v) is 8.16. The summed E-state index contributed by atoms with van der Waals surface area (Å²) in [5.41, 5.74) is 5.81. The first kappa shape index (κ1) is 31.8. The molecule has 2 aromatic carbocycles. The van der Waals surface area contributed by atoms with Crippen molar-refractivity contribution < 1.29 is 9.53 Å². The lowest BCUT2D eigenvalue weighted by Gasteiger charge is -2.23. The molecule has 0 unspecified atom stereocenters. The Bertz CT molecular complexity index is 1530. The van der Waals surface area contributed by atoms with Crippen molar-refractivity contribution in [1.29, 1.82) is 0 Å². The number of pyridine rings is 1. The Morgan fingerprint density at radius 2 is 1.91 bits per heavy atom. The van der Waals surface area contributed by atoms with Crippen LogP contribution in [0.15, 0.2) is 90.2 Å². The lowest BCUT2D eigenvalue weighted by molar-refractivity contribution is 0.0782. The molecule has 0 bridgehead atoms. The number of carbonyl (C=O) groups excluding carboxylic acids is 1. The maximum Gasteiger partial charge on any atom is 0.272 e. The molecule has 1 fully saturated rings. The number of hydrogen-bond donors (Lipinski definition) is 3. The topological polar surface area (TPSA) is 78.5 Å². The van der Waals surface area contributed by atoms with E-state index in [0.717, 1.165) is 53.0 Å². The van der Waals surface area contributed by atoms with Gasteiger partial charge >= 0.3 is 0 Å². The van der Waals surface area contributed by atoms with Crippen molar-refractivity contribution in [1.82, 2.24) is 20.5 Å². The smallest absolute Gasteiger partial charge is 0.272 e. The summed E-state index contributed by atoms with van der Waals surface area (Å²) in [5, 5.41) is 12.4. The number of fused-ring (bicyclic) bond motifs is 1. The largest absolute Gasteiger partial charge is 0.498 e. The van der Waals surface area contributed by atoms with E-state index in [2.05, 4.69) is 98.5 Å². The SMILES string of the molecule is C=C(NC(/C=C(\C)C(C)(C)C)=C(/CNC)OC)Nc1ccc(Cc2ccnc(C(=O)N3CC[C@@H](C)C3)c2)c2ccccc12. The third kappa shape index (κ3) is 8.05. The number of ether oxygens (including phenoxy) is 1. The molecule has 0 aliphatic carbocycles. The number of hydrogen-bond acceptors (Lipinski definition) is 6. The van der Waals surface area contributed by atoms with Gasteiger partial charge in [-0.25, -0.2) is 0 Å². The minimum atomic E-state index is 0.0157. The Balaban J connectivity index is 1.57. The van der Waals surface area contributed by atoms with Crippen LogP contribution in [0.3, 0.4) is 0 Å². The summed E-state index contributed by atoms with van der Waals surface area (Å²) in [6, 6.07) is 16.5. The highest BCUT2D eigenvalue weighted by Crippen LogP contribution is 2.30. The number of aromatic nitrogens is 1. The summed E-state index contributed by atoms with van der Waals surface area (Å²) in [7, 11) is 3.59. The van der Waals surface area contributed by atoms with E-state index < -0.39 is 0 Å². The third-order valence-electron chi connectivity index (χ3n) is 8.16. The summed E-state index contributed by atoms with van der Waals surface area (Å²) in [6.45, 7) is 17.4. The van der Waals surface area contributed by atoms with Crippen molar-refractivity contribution in [3.8, 4) is 0 Å². The van der Waals surface area contributed by atoms with Gasteiger partial charge in [-0.2, -0.15) is 0 Å². The van der Waals surface area contributed by atoms with Crippen molar-refractivity contribution in [2.75, 3.05) is 39.1 Å². The van der Waals surface area contributed by atoms with Gasteiger partial charge in [0.15, 0.2) is 0 Å². The van der Waals surface area contributed by atoms with Gasteiger partial charge in [0.25, 0.3) is 5.91 Å². The molecule has 228 valence electrons. The van der Waals surface area contributed by atoms with Gasteiger partial charge in [-0.1, -0.05) is 70.2 Å². The number of amides is 1. The fraction of sp³-hybridized carbons (Fsp3) is 0.389. The monoisotopic (exact) mass is 581 g/mol. The molecule has 0 spiro atoms. The molecule has 1 aliphatic heterocycles. The zero-order valence-corrected chi connectivity index (χ0v) is 26.8. The van der Waals surface area contributed by atoms with E-state index in [9.17, 15) is 4.79 Å². The van der Waals surface area contributed by atoms with E-state index in [1.807, 2.05) is 30.1 Å². The number of methoxy groups -OCH3 is 1. The zero-order valence-electron chi connectivity index (χ0n) is 26.8. The number of nitrogens with one attached hydrogen (secondary N) is 3. The molecule has 2 heterocycles. The van der Waals surface area contributed by atoms with Crippen LogP contribution in [0, 0.1) is 11.3 Å². The van der Waals surface area contributed by atoms with Gasteiger partial charge in [-0.15, -0.1) is 0 Å². The highest BCUT2D eigenvalue weighted by Gasteiger charge is 2.25. The molecule has 1 atom stereocenters. The number of anilines is 1. The summed E-state index contributed by atoms with van der Waals surface area (Å²) >= 11 is 0. The number of nitrogens with zero attached hydrogens (tertiary/aromatic N) is 2. The second kappa shape index (κ2) is 13.9. The summed E-state index contributed by atoms with van der Waals surface area (Å²) in [5.74, 6) is 2.00. The molecule has 43 heavy (non-hydrogen) atoms. The van der Waals surface area contributed by atoms with Crippen LogP contribution < -0.4 is 16.0 Å². The molecule has 7 nitrogen and oxygen atoms in total. The Kier molecular flexibility index (Phi) is 10.3. The number of carbonyl (C=O) groups is 1. The maximum absolute atomic E-state index is 13.1. The summed E-state index contributed by atoms with van der Waals surface area (Å²) < 4.78 is 5.73. The van der Waals surface area contributed by atoms with Crippen molar-refractivity contribution in [2.24, 2.45) is 11.3 Å². The summed E-state index contributed by atoms with van der Waals surface area (Å²) in [4.78, 5) is 19.4. The molecular weight excluding hydrogens is 534 g/mol. The molecule has 0 radical (unpaired) electrons. The van der Waals surface area contributed by atoms with Gasteiger partial charge in [0.1, 0.15) is 17.3 Å². The van der Waals surface area contributed by atoms with E-state index in [-0.39, 0.29) is 11.3 Å².